The van der Waals surface area contributed by atoms with E-state index in [0.29, 0.717) is 18.5 Å². The minimum Gasteiger partial charge on any atom is -0.481 e. The molecule has 1 aliphatic rings. The maximum Gasteiger partial charge on any atom is 0.308 e. The topological polar surface area (TPSA) is 88.3 Å². The first kappa shape index (κ1) is 17.1. The van der Waals surface area contributed by atoms with E-state index < -0.39 is 11.9 Å². The van der Waals surface area contributed by atoms with Crippen molar-refractivity contribution < 1.29 is 14.7 Å². The molecule has 1 aromatic heterocycles. The van der Waals surface area contributed by atoms with Crippen molar-refractivity contribution in [3.63, 3.8) is 0 Å². The number of piperidine rings is 1. The van der Waals surface area contributed by atoms with Crippen LogP contribution in [0.3, 0.4) is 0 Å². The summed E-state index contributed by atoms with van der Waals surface area (Å²) in [6.45, 7) is 5.96. The number of hydrogen-bond acceptors (Lipinski definition) is 4. The van der Waals surface area contributed by atoms with Crippen LogP contribution in [0.1, 0.15) is 41.5 Å². The van der Waals surface area contributed by atoms with E-state index in [1.54, 1.807) is 16.5 Å². The Kier molecular flexibility index (Phi) is 4.57. The van der Waals surface area contributed by atoms with Gasteiger partial charge in [-0.15, -0.1) is 5.10 Å². The highest BCUT2D eigenvalue weighted by Gasteiger charge is 2.34. The molecule has 7 heteroatoms. The zero-order chi connectivity index (χ0) is 18.1. The fourth-order valence-electron chi connectivity index (χ4n) is 3.19. The molecule has 1 aromatic carbocycles. The summed E-state index contributed by atoms with van der Waals surface area (Å²) < 4.78 is 1.63. The normalized spacial score (nSPS) is 20.5. The van der Waals surface area contributed by atoms with Crippen LogP contribution in [0.5, 0.6) is 0 Å². The van der Waals surface area contributed by atoms with Gasteiger partial charge in [0, 0.05) is 12.6 Å². The summed E-state index contributed by atoms with van der Waals surface area (Å²) in [6, 6.07) is 7.79. The number of likely N-dealkylation sites (tertiary alicyclic amines) is 1. The van der Waals surface area contributed by atoms with Crippen LogP contribution >= 0.6 is 0 Å². The lowest BCUT2D eigenvalue weighted by molar-refractivity contribution is -0.143. The van der Waals surface area contributed by atoms with Crippen LogP contribution in [0, 0.1) is 19.8 Å². The quantitative estimate of drug-likeness (QED) is 0.924. The van der Waals surface area contributed by atoms with E-state index in [4.69, 9.17) is 0 Å². The van der Waals surface area contributed by atoms with Gasteiger partial charge in [-0.1, -0.05) is 22.9 Å². The van der Waals surface area contributed by atoms with E-state index in [-0.39, 0.29) is 24.2 Å². The van der Waals surface area contributed by atoms with Gasteiger partial charge in [0.05, 0.1) is 17.3 Å². The van der Waals surface area contributed by atoms with Crippen molar-refractivity contribution in [2.75, 3.05) is 6.54 Å². The third-order valence-electron chi connectivity index (χ3n) is 4.87. The number of nitrogens with zero attached hydrogens (tertiary/aromatic N) is 4. The molecule has 2 heterocycles. The van der Waals surface area contributed by atoms with Crippen molar-refractivity contribution in [1.29, 1.82) is 0 Å². The SMILES string of the molecule is Cc1ccc(-n2nnc(C(=O)N3CC(C(=O)O)CCC3C)c2C)cc1. The monoisotopic (exact) mass is 342 g/mol. The van der Waals surface area contributed by atoms with Gasteiger partial charge in [0.1, 0.15) is 0 Å². The van der Waals surface area contributed by atoms with Gasteiger partial charge in [0.2, 0.25) is 0 Å². The zero-order valence-corrected chi connectivity index (χ0v) is 14.6. The molecule has 1 amide bonds. The average Bonchev–Trinajstić information content (AvgIpc) is 2.97. The van der Waals surface area contributed by atoms with Crippen LogP contribution in [-0.4, -0.2) is 49.5 Å². The molecule has 0 aliphatic carbocycles. The second-order valence-electron chi connectivity index (χ2n) is 6.69. The minimum absolute atomic E-state index is 0.00738. The number of carbonyl (C=O) groups is 2. The lowest BCUT2D eigenvalue weighted by Crippen LogP contribution is -2.47. The summed E-state index contributed by atoms with van der Waals surface area (Å²) in [7, 11) is 0. The van der Waals surface area contributed by atoms with Gasteiger partial charge in [-0.2, -0.15) is 0 Å². The minimum atomic E-state index is -0.857. The maximum atomic E-state index is 12.9. The summed E-state index contributed by atoms with van der Waals surface area (Å²) in [6.07, 6.45) is 1.27. The third-order valence-corrected chi connectivity index (χ3v) is 4.87. The number of benzene rings is 1. The Labute approximate surface area is 146 Å². The molecule has 7 nitrogen and oxygen atoms in total. The van der Waals surface area contributed by atoms with Crippen molar-refractivity contribution in [3.8, 4) is 5.69 Å². The van der Waals surface area contributed by atoms with Gasteiger partial charge in [0.15, 0.2) is 5.69 Å². The number of hydrogen-bond donors (Lipinski definition) is 1. The van der Waals surface area contributed by atoms with Gasteiger partial charge in [-0.05, 0) is 45.7 Å². The Hall–Kier alpha value is -2.70. The van der Waals surface area contributed by atoms with Gasteiger partial charge in [0.25, 0.3) is 5.91 Å². The molecule has 1 N–H and O–H groups in total. The Morgan fingerprint density at radius 1 is 1.16 bits per heavy atom. The number of carboxylic acid groups (broad SMARTS) is 1. The van der Waals surface area contributed by atoms with Crippen molar-refractivity contribution in [1.82, 2.24) is 19.9 Å². The molecule has 0 bridgehead atoms. The molecule has 25 heavy (non-hydrogen) atoms. The number of carbonyl (C=O) groups excluding carboxylic acids is 1. The van der Waals surface area contributed by atoms with Crippen LogP contribution in [-0.2, 0) is 4.79 Å². The Morgan fingerprint density at radius 2 is 1.84 bits per heavy atom. The number of rotatable bonds is 3. The average molecular weight is 342 g/mol. The predicted octanol–water partition coefficient (Wildman–Crippen LogP) is 2.21. The Bertz CT molecular complexity index is 797. The summed E-state index contributed by atoms with van der Waals surface area (Å²) in [4.78, 5) is 25.8. The molecule has 1 aliphatic heterocycles. The van der Waals surface area contributed by atoms with Crippen molar-refractivity contribution in [2.45, 2.75) is 39.7 Å². The highest BCUT2D eigenvalue weighted by atomic mass is 16.4. The van der Waals surface area contributed by atoms with Crippen molar-refractivity contribution in [3.05, 3.63) is 41.2 Å². The summed E-state index contributed by atoms with van der Waals surface area (Å²) >= 11 is 0. The molecule has 132 valence electrons. The van der Waals surface area contributed by atoms with E-state index in [9.17, 15) is 14.7 Å². The molecule has 2 aromatic rings. The molecule has 0 spiro atoms. The number of aliphatic carboxylic acids is 1. The van der Waals surface area contributed by atoms with Gasteiger partial charge < -0.3 is 10.0 Å². The molecule has 0 radical (unpaired) electrons. The summed E-state index contributed by atoms with van der Waals surface area (Å²) in [5.41, 5.74) is 2.90. The first-order valence-electron chi connectivity index (χ1n) is 8.41. The summed E-state index contributed by atoms with van der Waals surface area (Å²) in [5.74, 6) is -1.63. The van der Waals surface area contributed by atoms with Gasteiger partial charge in [-0.3, -0.25) is 9.59 Å². The zero-order valence-electron chi connectivity index (χ0n) is 14.6. The highest BCUT2D eigenvalue weighted by Crippen LogP contribution is 2.24. The molecule has 0 saturated carbocycles. The maximum absolute atomic E-state index is 12.9. The molecular formula is C18H22N4O3. The molecule has 1 saturated heterocycles. The predicted molar refractivity (Wildman–Crippen MR) is 91.7 cm³/mol. The number of aryl methyl sites for hydroxylation is 1. The van der Waals surface area contributed by atoms with Crippen LogP contribution in [0.25, 0.3) is 5.69 Å². The molecule has 2 atom stereocenters. The molecule has 3 rings (SSSR count). The Balaban J connectivity index is 1.87. The second kappa shape index (κ2) is 6.66. The Morgan fingerprint density at radius 3 is 2.48 bits per heavy atom. The molecule has 1 fully saturated rings. The highest BCUT2D eigenvalue weighted by molar-refractivity contribution is 5.94. The molecule has 2 unspecified atom stereocenters. The fraction of sp³-hybridized carbons (Fsp3) is 0.444. The number of amides is 1. The first-order chi connectivity index (χ1) is 11.9. The number of carboxylic acids is 1. The van der Waals surface area contributed by atoms with E-state index >= 15 is 0 Å². The largest absolute Gasteiger partial charge is 0.481 e. The van der Waals surface area contributed by atoms with Crippen LogP contribution in [0.4, 0.5) is 0 Å². The lowest BCUT2D eigenvalue weighted by atomic mass is 9.93. The van der Waals surface area contributed by atoms with Crippen molar-refractivity contribution >= 4 is 11.9 Å². The van der Waals surface area contributed by atoms with E-state index in [1.165, 1.54) is 0 Å². The van der Waals surface area contributed by atoms with Crippen LogP contribution in [0.2, 0.25) is 0 Å². The van der Waals surface area contributed by atoms with Crippen LogP contribution in [0.15, 0.2) is 24.3 Å². The van der Waals surface area contributed by atoms with E-state index in [2.05, 4.69) is 10.3 Å². The summed E-state index contributed by atoms with van der Waals surface area (Å²) in [5, 5.41) is 17.4. The lowest BCUT2D eigenvalue weighted by Gasteiger charge is -2.36. The third kappa shape index (κ3) is 3.26. The van der Waals surface area contributed by atoms with Crippen molar-refractivity contribution in [2.24, 2.45) is 5.92 Å². The standard InChI is InChI=1S/C18H22N4O3/c1-11-4-8-15(9-5-11)22-13(3)16(19-20-22)17(23)21-10-14(18(24)25)7-6-12(21)2/h4-5,8-9,12,14H,6-7,10H2,1-3H3,(H,24,25). The second-order valence-corrected chi connectivity index (χ2v) is 6.69. The molecular weight excluding hydrogens is 320 g/mol. The smallest absolute Gasteiger partial charge is 0.308 e. The fourth-order valence-corrected chi connectivity index (χ4v) is 3.19. The van der Waals surface area contributed by atoms with Gasteiger partial charge >= 0.3 is 5.97 Å². The first-order valence-corrected chi connectivity index (χ1v) is 8.41. The van der Waals surface area contributed by atoms with Crippen LogP contribution < -0.4 is 0 Å². The number of aromatic nitrogens is 3. The van der Waals surface area contributed by atoms with Gasteiger partial charge in [-0.25, -0.2) is 4.68 Å². The van der Waals surface area contributed by atoms with E-state index in [0.717, 1.165) is 11.3 Å². The van der Waals surface area contributed by atoms with E-state index in [1.807, 2.05) is 38.1 Å².